The Morgan fingerprint density at radius 1 is 1.41 bits per heavy atom. The van der Waals surface area contributed by atoms with Crippen molar-refractivity contribution < 1.29 is 14.3 Å². The second kappa shape index (κ2) is 6.70. The lowest BCUT2D eigenvalue weighted by molar-refractivity contribution is 0.0981. The van der Waals surface area contributed by atoms with Crippen LogP contribution in [-0.4, -0.2) is 30.7 Å². The summed E-state index contributed by atoms with van der Waals surface area (Å²) in [6.07, 6.45) is 2.31. The van der Waals surface area contributed by atoms with E-state index in [1.807, 2.05) is 6.92 Å². The number of carbonyl (C=O) groups is 1. The standard InChI is InChI=1S/C11H17N3O3/c1-2-3-16-4-5-17-10-6-8(11(13)15)9(12)7-14-10/h6-7H,2-5,12H2,1H3,(H2,13,15). The zero-order valence-electron chi connectivity index (χ0n) is 9.81. The van der Waals surface area contributed by atoms with Gasteiger partial charge in [-0.1, -0.05) is 6.92 Å². The first-order valence-electron chi connectivity index (χ1n) is 5.41. The fraction of sp³-hybridized carbons (Fsp3) is 0.455. The van der Waals surface area contributed by atoms with Crippen LogP contribution in [0.5, 0.6) is 5.88 Å². The summed E-state index contributed by atoms with van der Waals surface area (Å²) < 4.78 is 10.5. The smallest absolute Gasteiger partial charge is 0.251 e. The highest BCUT2D eigenvalue weighted by Gasteiger charge is 2.08. The van der Waals surface area contributed by atoms with Crippen LogP contribution in [0.3, 0.4) is 0 Å². The fourth-order valence-electron chi connectivity index (χ4n) is 1.19. The van der Waals surface area contributed by atoms with Gasteiger partial charge in [0, 0.05) is 12.7 Å². The van der Waals surface area contributed by atoms with E-state index in [4.69, 9.17) is 20.9 Å². The number of hydrogen-bond donors (Lipinski definition) is 2. The topological polar surface area (TPSA) is 100 Å². The summed E-state index contributed by atoms with van der Waals surface area (Å²) in [5.41, 5.74) is 11.1. The number of carbonyl (C=O) groups excluding carboxylic acids is 1. The van der Waals surface area contributed by atoms with Crippen LogP contribution in [0.25, 0.3) is 0 Å². The maximum absolute atomic E-state index is 11.0. The fourth-order valence-corrected chi connectivity index (χ4v) is 1.19. The third-order valence-electron chi connectivity index (χ3n) is 2.00. The van der Waals surface area contributed by atoms with Gasteiger partial charge in [-0.3, -0.25) is 4.79 Å². The Hall–Kier alpha value is -1.82. The molecule has 0 aliphatic heterocycles. The van der Waals surface area contributed by atoms with Crippen molar-refractivity contribution in [1.82, 2.24) is 4.98 Å². The number of pyridine rings is 1. The first-order valence-corrected chi connectivity index (χ1v) is 5.41. The molecular weight excluding hydrogens is 222 g/mol. The Kier molecular flexibility index (Phi) is 5.22. The van der Waals surface area contributed by atoms with Crippen molar-refractivity contribution in [3.63, 3.8) is 0 Å². The van der Waals surface area contributed by atoms with E-state index in [0.717, 1.165) is 6.42 Å². The Bertz CT molecular complexity index is 382. The van der Waals surface area contributed by atoms with Crippen molar-refractivity contribution in [1.29, 1.82) is 0 Å². The highest BCUT2D eigenvalue weighted by molar-refractivity contribution is 5.97. The monoisotopic (exact) mass is 239 g/mol. The minimum Gasteiger partial charge on any atom is -0.475 e. The van der Waals surface area contributed by atoms with Gasteiger partial charge in [-0.25, -0.2) is 4.98 Å². The maximum atomic E-state index is 11.0. The van der Waals surface area contributed by atoms with Gasteiger partial charge in [0.05, 0.1) is 24.1 Å². The molecule has 94 valence electrons. The number of aromatic nitrogens is 1. The van der Waals surface area contributed by atoms with Crippen LogP contribution in [0.2, 0.25) is 0 Å². The van der Waals surface area contributed by atoms with Crippen LogP contribution in [-0.2, 0) is 4.74 Å². The molecule has 0 spiro atoms. The predicted molar refractivity (Wildman–Crippen MR) is 63.8 cm³/mol. The van der Waals surface area contributed by atoms with Crippen LogP contribution in [0.4, 0.5) is 5.69 Å². The zero-order valence-corrected chi connectivity index (χ0v) is 9.81. The van der Waals surface area contributed by atoms with Crippen LogP contribution in [0, 0.1) is 0 Å². The molecule has 0 unspecified atom stereocenters. The number of ether oxygens (including phenoxy) is 2. The molecule has 1 aromatic heterocycles. The number of nitrogens with two attached hydrogens (primary N) is 2. The Morgan fingerprint density at radius 2 is 2.18 bits per heavy atom. The van der Waals surface area contributed by atoms with Gasteiger partial charge in [0.15, 0.2) is 0 Å². The lowest BCUT2D eigenvalue weighted by Gasteiger charge is -2.07. The molecule has 0 radical (unpaired) electrons. The molecule has 0 atom stereocenters. The molecule has 17 heavy (non-hydrogen) atoms. The summed E-state index contributed by atoms with van der Waals surface area (Å²) in [7, 11) is 0. The molecule has 0 saturated carbocycles. The number of hydrogen-bond acceptors (Lipinski definition) is 5. The van der Waals surface area contributed by atoms with Gasteiger partial charge in [0.1, 0.15) is 6.61 Å². The van der Waals surface area contributed by atoms with Crippen molar-refractivity contribution in [2.75, 3.05) is 25.6 Å². The number of amides is 1. The van der Waals surface area contributed by atoms with Gasteiger partial charge in [-0.15, -0.1) is 0 Å². The molecular formula is C11H17N3O3. The first kappa shape index (κ1) is 13.2. The van der Waals surface area contributed by atoms with Crippen LogP contribution in [0.15, 0.2) is 12.3 Å². The third-order valence-corrected chi connectivity index (χ3v) is 2.00. The van der Waals surface area contributed by atoms with E-state index in [0.29, 0.717) is 25.7 Å². The van der Waals surface area contributed by atoms with E-state index < -0.39 is 5.91 Å². The molecule has 1 aromatic rings. The quantitative estimate of drug-likeness (QED) is 0.677. The van der Waals surface area contributed by atoms with Crippen molar-refractivity contribution in [3.8, 4) is 5.88 Å². The molecule has 0 aliphatic carbocycles. The third kappa shape index (κ3) is 4.28. The summed E-state index contributed by atoms with van der Waals surface area (Å²) >= 11 is 0. The van der Waals surface area contributed by atoms with E-state index >= 15 is 0 Å². The molecule has 1 heterocycles. The largest absolute Gasteiger partial charge is 0.475 e. The molecule has 0 bridgehead atoms. The molecule has 4 N–H and O–H groups in total. The van der Waals surface area contributed by atoms with Crippen LogP contribution < -0.4 is 16.2 Å². The van der Waals surface area contributed by atoms with Gasteiger partial charge >= 0.3 is 0 Å². The summed E-state index contributed by atoms with van der Waals surface area (Å²) in [5, 5.41) is 0. The van der Waals surface area contributed by atoms with E-state index in [1.54, 1.807) is 0 Å². The number of rotatable bonds is 7. The predicted octanol–water partition coefficient (Wildman–Crippen LogP) is 0.568. The molecule has 0 aromatic carbocycles. The van der Waals surface area contributed by atoms with Crippen molar-refractivity contribution in [2.45, 2.75) is 13.3 Å². The molecule has 0 saturated heterocycles. The molecule has 1 rings (SSSR count). The average molecular weight is 239 g/mol. The minimum atomic E-state index is -0.600. The number of nitrogen functional groups attached to an aromatic ring is 1. The molecule has 6 nitrogen and oxygen atoms in total. The maximum Gasteiger partial charge on any atom is 0.251 e. The first-order chi connectivity index (χ1) is 8.15. The highest BCUT2D eigenvalue weighted by Crippen LogP contribution is 2.15. The van der Waals surface area contributed by atoms with E-state index in [9.17, 15) is 4.79 Å². The van der Waals surface area contributed by atoms with E-state index in [-0.39, 0.29) is 11.3 Å². The molecule has 1 amide bonds. The van der Waals surface area contributed by atoms with Crippen LogP contribution >= 0.6 is 0 Å². The SMILES string of the molecule is CCCOCCOc1cc(C(N)=O)c(N)cn1. The van der Waals surface area contributed by atoms with E-state index in [2.05, 4.69) is 4.98 Å². The zero-order chi connectivity index (χ0) is 12.7. The molecule has 0 aliphatic rings. The summed E-state index contributed by atoms with van der Waals surface area (Å²) in [5.74, 6) is -0.287. The van der Waals surface area contributed by atoms with E-state index in [1.165, 1.54) is 12.3 Å². The average Bonchev–Trinajstić information content (AvgIpc) is 2.30. The van der Waals surface area contributed by atoms with Crippen molar-refractivity contribution in [2.24, 2.45) is 5.73 Å². The summed E-state index contributed by atoms with van der Waals surface area (Å²) in [4.78, 5) is 15.0. The Morgan fingerprint density at radius 3 is 2.82 bits per heavy atom. The summed E-state index contributed by atoms with van der Waals surface area (Å²) in [6, 6.07) is 1.43. The Labute approximate surface area is 99.9 Å². The Balaban J connectivity index is 2.49. The minimum absolute atomic E-state index is 0.212. The van der Waals surface area contributed by atoms with Crippen molar-refractivity contribution in [3.05, 3.63) is 17.8 Å². The second-order valence-corrected chi connectivity index (χ2v) is 3.43. The second-order valence-electron chi connectivity index (χ2n) is 3.43. The van der Waals surface area contributed by atoms with Crippen LogP contribution in [0.1, 0.15) is 23.7 Å². The van der Waals surface area contributed by atoms with Gasteiger partial charge in [-0.05, 0) is 6.42 Å². The van der Waals surface area contributed by atoms with Gasteiger partial charge in [0.2, 0.25) is 5.88 Å². The lowest BCUT2D eigenvalue weighted by Crippen LogP contribution is -2.15. The molecule has 6 heteroatoms. The molecule has 0 fully saturated rings. The van der Waals surface area contributed by atoms with Crippen molar-refractivity contribution >= 4 is 11.6 Å². The van der Waals surface area contributed by atoms with Gasteiger partial charge < -0.3 is 20.9 Å². The highest BCUT2D eigenvalue weighted by atomic mass is 16.5. The summed E-state index contributed by atoms with van der Waals surface area (Å²) in [6.45, 7) is 3.58. The number of nitrogens with zero attached hydrogens (tertiary/aromatic N) is 1. The van der Waals surface area contributed by atoms with Gasteiger partial charge in [-0.2, -0.15) is 0 Å². The number of anilines is 1. The van der Waals surface area contributed by atoms with Gasteiger partial charge in [0.25, 0.3) is 5.91 Å². The normalized spacial score (nSPS) is 10.2. The number of primary amides is 1. The lowest BCUT2D eigenvalue weighted by atomic mass is 10.2.